The number of carbonyl (C=O) groups excluding carboxylic acids is 1. The van der Waals surface area contributed by atoms with Gasteiger partial charge in [0.1, 0.15) is 5.75 Å². The largest absolute Gasteiger partial charge is 0.496 e. The standard InChI is InChI=1S/C12H17NO2S/c1-9-6-10(4-5-11(9)15-3)7-13(2)12(14)8-16/h4-6,16H,7-8H2,1-3H3. The first-order chi connectivity index (χ1) is 7.58. The fourth-order valence-electron chi connectivity index (χ4n) is 1.52. The van der Waals surface area contributed by atoms with Crippen molar-refractivity contribution in [2.45, 2.75) is 13.5 Å². The topological polar surface area (TPSA) is 29.5 Å². The molecule has 1 aromatic rings. The predicted octanol–water partition coefficient (Wildman–Crippen LogP) is 1.89. The van der Waals surface area contributed by atoms with Crippen LogP contribution in [-0.2, 0) is 11.3 Å². The molecule has 0 fully saturated rings. The fraction of sp³-hybridized carbons (Fsp3) is 0.417. The molecular weight excluding hydrogens is 222 g/mol. The molecule has 0 bridgehead atoms. The molecular formula is C12H17NO2S. The minimum absolute atomic E-state index is 0.0248. The second-order valence-corrected chi connectivity index (χ2v) is 4.03. The van der Waals surface area contributed by atoms with Crippen LogP contribution in [-0.4, -0.2) is 30.7 Å². The van der Waals surface area contributed by atoms with E-state index in [4.69, 9.17) is 4.74 Å². The van der Waals surface area contributed by atoms with Crippen molar-refractivity contribution < 1.29 is 9.53 Å². The van der Waals surface area contributed by atoms with E-state index in [0.29, 0.717) is 6.54 Å². The van der Waals surface area contributed by atoms with E-state index in [1.807, 2.05) is 25.1 Å². The Balaban J connectivity index is 2.75. The van der Waals surface area contributed by atoms with Crippen molar-refractivity contribution in [1.82, 2.24) is 4.90 Å². The molecule has 4 heteroatoms. The van der Waals surface area contributed by atoms with Crippen LogP contribution in [0.2, 0.25) is 0 Å². The second kappa shape index (κ2) is 5.80. The molecule has 1 rings (SSSR count). The molecule has 0 aliphatic heterocycles. The summed E-state index contributed by atoms with van der Waals surface area (Å²) < 4.78 is 5.18. The minimum atomic E-state index is 0.0248. The average molecular weight is 239 g/mol. The number of ether oxygens (including phenoxy) is 1. The second-order valence-electron chi connectivity index (χ2n) is 3.71. The third-order valence-electron chi connectivity index (χ3n) is 2.44. The molecule has 88 valence electrons. The molecule has 1 aromatic carbocycles. The van der Waals surface area contributed by atoms with Gasteiger partial charge in [0, 0.05) is 13.6 Å². The molecule has 0 N–H and O–H groups in total. The van der Waals surface area contributed by atoms with E-state index in [0.717, 1.165) is 16.9 Å². The molecule has 0 aromatic heterocycles. The number of amides is 1. The van der Waals surface area contributed by atoms with Gasteiger partial charge in [-0.3, -0.25) is 4.79 Å². The molecule has 16 heavy (non-hydrogen) atoms. The number of benzene rings is 1. The van der Waals surface area contributed by atoms with Crippen molar-refractivity contribution in [2.24, 2.45) is 0 Å². The summed E-state index contributed by atoms with van der Waals surface area (Å²) in [5.74, 6) is 1.13. The maximum absolute atomic E-state index is 11.3. The highest BCUT2D eigenvalue weighted by molar-refractivity contribution is 7.81. The predicted molar refractivity (Wildman–Crippen MR) is 68.1 cm³/mol. The Hall–Kier alpha value is -1.16. The summed E-state index contributed by atoms with van der Waals surface area (Å²) in [4.78, 5) is 13.0. The summed E-state index contributed by atoms with van der Waals surface area (Å²) in [5.41, 5.74) is 2.17. The molecule has 0 spiro atoms. The van der Waals surface area contributed by atoms with Gasteiger partial charge < -0.3 is 9.64 Å². The van der Waals surface area contributed by atoms with Crippen LogP contribution in [0.3, 0.4) is 0 Å². The summed E-state index contributed by atoms with van der Waals surface area (Å²) in [7, 11) is 3.43. The van der Waals surface area contributed by atoms with Crippen molar-refractivity contribution in [1.29, 1.82) is 0 Å². The number of methoxy groups -OCH3 is 1. The summed E-state index contributed by atoms with van der Waals surface area (Å²) in [6.45, 7) is 2.59. The van der Waals surface area contributed by atoms with Crippen LogP contribution in [0.4, 0.5) is 0 Å². The lowest BCUT2D eigenvalue weighted by Crippen LogP contribution is -2.27. The lowest BCUT2D eigenvalue weighted by Gasteiger charge is -2.16. The van der Waals surface area contributed by atoms with Gasteiger partial charge in [0.2, 0.25) is 5.91 Å². The quantitative estimate of drug-likeness (QED) is 0.813. The van der Waals surface area contributed by atoms with Gasteiger partial charge >= 0.3 is 0 Å². The molecule has 0 atom stereocenters. The number of carbonyl (C=O) groups is 1. The number of hydrogen-bond acceptors (Lipinski definition) is 3. The maximum Gasteiger partial charge on any atom is 0.232 e. The number of nitrogens with zero attached hydrogens (tertiary/aromatic N) is 1. The van der Waals surface area contributed by atoms with Gasteiger partial charge in [0.15, 0.2) is 0 Å². The Morgan fingerprint density at radius 3 is 2.69 bits per heavy atom. The first-order valence-corrected chi connectivity index (χ1v) is 5.70. The van der Waals surface area contributed by atoms with Crippen LogP contribution in [0.1, 0.15) is 11.1 Å². The van der Waals surface area contributed by atoms with Gasteiger partial charge in [-0.1, -0.05) is 12.1 Å². The summed E-state index contributed by atoms with van der Waals surface area (Å²) >= 11 is 3.96. The van der Waals surface area contributed by atoms with E-state index < -0.39 is 0 Å². The number of aryl methyl sites for hydroxylation is 1. The lowest BCUT2D eigenvalue weighted by atomic mass is 10.1. The van der Waals surface area contributed by atoms with E-state index in [1.165, 1.54) is 0 Å². The van der Waals surface area contributed by atoms with Crippen molar-refractivity contribution in [3.8, 4) is 5.75 Å². The Morgan fingerprint density at radius 1 is 1.50 bits per heavy atom. The zero-order valence-electron chi connectivity index (χ0n) is 9.86. The van der Waals surface area contributed by atoms with Crippen LogP contribution in [0.25, 0.3) is 0 Å². The molecule has 0 saturated carbocycles. The number of thiol groups is 1. The van der Waals surface area contributed by atoms with E-state index >= 15 is 0 Å². The average Bonchev–Trinajstić information content (AvgIpc) is 2.28. The summed E-state index contributed by atoms with van der Waals surface area (Å²) in [6.07, 6.45) is 0. The Labute approximate surface area is 102 Å². The van der Waals surface area contributed by atoms with Gasteiger partial charge in [0.25, 0.3) is 0 Å². The van der Waals surface area contributed by atoms with Crippen molar-refractivity contribution >= 4 is 18.5 Å². The van der Waals surface area contributed by atoms with E-state index in [1.54, 1.807) is 19.1 Å². The van der Waals surface area contributed by atoms with Gasteiger partial charge in [-0.25, -0.2) is 0 Å². The first-order valence-electron chi connectivity index (χ1n) is 5.06. The van der Waals surface area contributed by atoms with Gasteiger partial charge in [-0.05, 0) is 24.1 Å². The first kappa shape index (κ1) is 12.9. The SMILES string of the molecule is COc1ccc(CN(C)C(=O)CS)cc1C. The van der Waals surface area contributed by atoms with Crippen LogP contribution in [0, 0.1) is 6.92 Å². The lowest BCUT2D eigenvalue weighted by molar-refractivity contribution is -0.127. The summed E-state index contributed by atoms with van der Waals surface area (Å²) in [5, 5.41) is 0. The Bertz CT molecular complexity index is 379. The van der Waals surface area contributed by atoms with Crippen LogP contribution < -0.4 is 4.74 Å². The molecule has 0 radical (unpaired) electrons. The van der Waals surface area contributed by atoms with Gasteiger partial charge in [-0.15, -0.1) is 0 Å². The normalized spacial score (nSPS) is 10.0. The van der Waals surface area contributed by atoms with Crippen LogP contribution >= 0.6 is 12.6 Å². The van der Waals surface area contributed by atoms with E-state index in [9.17, 15) is 4.79 Å². The molecule has 0 unspecified atom stereocenters. The zero-order valence-corrected chi connectivity index (χ0v) is 10.8. The maximum atomic E-state index is 11.3. The van der Waals surface area contributed by atoms with Gasteiger partial charge in [0.05, 0.1) is 12.9 Å². The summed E-state index contributed by atoms with van der Waals surface area (Å²) in [6, 6.07) is 5.92. The molecule has 0 saturated heterocycles. The molecule has 1 amide bonds. The minimum Gasteiger partial charge on any atom is -0.496 e. The van der Waals surface area contributed by atoms with Crippen LogP contribution in [0.15, 0.2) is 18.2 Å². The fourth-order valence-corrected chi connectivity index (χ4v) is 1.76. The highest BCUT2D eigenvalue weighted by Gasteiger charge is 2.07. The molecule has 3 nitrogen and oxygen atoms in total. The van der Waals surface area contributed by atoms with Crippen molar-refractivity contribution in [2.75, 3.05) is 19.9 Å². The smallest absolute Gasteiger partial charge is 0.232 e. The van der Waals surface area contributed by atoms with E-state index in [2.05, 4.69) is 12.6 Å². The third-order valence-corrected chi connectivity index (χ3v) is 2.71. The Morgan fingerprint density at radius 2 is 2.19 bits per heavy atom. The van der Waals surface area contributed by atoms with Crippen LogP contribution in [0.5, 0.6) is 5.75 Å². The number of hydrogen-bond donors (Lipinski definition) is 1. The number of rotatable bonds is 4. The highest BCUT2D eigenvalue weighted by atomic mass is 32.1. The molecule has 0 aliphatic rings. The monoisotopic (exact) mass is 239 g/mol. The highest BCUT2D eigenvalue weighted by Crippen LogP contribution is 2.19. The third kappa shape index (κ3) is 3.17. The molecule has 0 heterocycles. The zero-order chi connectivity index (χ0) is 12.1. The van der Waals surface area contributed by atoms with Gasteiger partial charge in [-0.2, -0.15) is 12.6 Å². The molecule has 0 aliphatic carbocycles. The Kier molecular flexibility index (Phi) is 4.68. The van der Waals surface area contributed by atoms with Crippen molar-refractivity contribution in [3.05, 3.63) is 29.3 Å². The van der Waals surface area contributed by atoms with E-state index in [-0.39, 0.29) is 11.7 Å². The van der Waals surface area contributed by atoms with Crippen molar-refractivity contribution in [3.63, 3.8) is 0 Å².